The smallest absolute Gasteiger partial charge is 0.138 e. The highest BCUT2D eigenvalue weighted by Crippen LogP contribution is 2.55. The molecule has 2 atom stereocenters. The third kappa shape index (κ3) is 2.00. The van der Waals surface area contributed by atoms with Crippen molar-refractivity contribution < 1.29 is 4.79 Å². The van der Waals surface area contributed by atoms with Crippen molar-refractivity contribution in [1.29, 1.82) is 0 Å². The lowest BCUT2D eigenvalue weighted by Gasteiger charge is -2.51. The Morgan fingerprint density at radius 3 is 2.52 bits per heavy atom. The number of nitrogens with zero attached hydrogens (tertiary/aromatic N) is 2. The summed E-state index contributed by atoms with van der Waals surface area (Å²) >= 11 is 0. The highest BCUT2D eigenvalue weighted by atomic mass is 16.1. The summed E-state index contributed by atoms with van der Waals surface area (Å²) in [6.07, 6.45) is 6.05. The fourth-order valence-corrected chi connectivity index (χ4v) is 4.54. The van der Waals surface area contributed by atoms with Gasteiger partial charge in [-0.25, -0.2) is 0 Å². The molecule has 0 unspecified atom stereocenters. The second kappa shape index (κ2) is 4.21. The number of hydrogen-bond donors (Lipinski definition) is 0. The quantitative estimate of drug-likeness (QED) is 0.727. The molecule has 116 valence electrons. The van der Waals surface area contributed by atoms with Crippen LogP contribution in [0.4, 0.5) is 0 Å². The van der Waals surface area contributed by atoms with E-state index in [1.807, 2.05) is 0 Å². The molecule has 2 aliphatic carbocycles. The Hall–Kier alpha value is -1.12. The predicted octanol–water partition coefficient (Wildman–Crippen LogP) is 3.85. The van der Waals surface area contributed by atoms with E-state index in [1.165, 1.54) is 11.3 Å². The second-order valence-corrected chi connectivity index (χ2v) is 8.77. The SMILES string of the molecule is CC1(C)C(=O)CC[C@]2(C)c3nn(C(C)(C)C)cc3CC[C@@H]12. The van der Waals surface area contributed by atoms with Crippen LogP contribution in [0.3, 0.4) is 0 Å². The summed E-state index contributed by atoms with van der Waals surface area (Å²) in [6.45, 7) is 13.2. The van der Waals surface area contributed by atoms with Crippen LogP contribution in [0.1, 0.15) is 72.1 Å². The standard InChI is InChI=1S/C18H28N2O/c1-16(2,3)20-11-12-7-8-13-17(4,5)14(21)9-10-18(13,6)15(12)19-20/h11,13H,7-10H2,1-6H3/t13-,18-/m0/s1. The van der Waals surface area contributed by atoms with Crippen LogP contribution in [0.25, 0.3) is 0 Å². The van der Waals surface area contributed by atoms with Crippen molar-refractivity contribution in [1.82, 2.24) is 9.78 Å². The molecule has 0 aliphatic heterocycles. The molecule has 21 heavy (non-hydrogen) atoms. The molecule has 3 rings (SSSR count). The van der Waals surface area contributed by atoms with Gasteiger partial charge in [0.15, 0.2) is 0 Å². The number of rotatable bonds is 0. The van der Waals surface area contributed by atoms with Crippen molar-refractivity contribution in [2.24, 2.45) is 11.3 Å². The lowest BCUT2D eigenvalue weighted by Crippen LogP contribution is -2.52. The van der Waals surface area contributed by atoms with Crippen molar-refractivity contribution >= 4 is 5.78 Å². The van der Waals surface area contributed by atoms with Gasteiger partial charge in [-0.2, -0.15) is 5.10 Å². The summed E-state index contributed by atoms with van der Waals surface area (Å²) in [5.74, 6) is 0.853. The molecule has 0 bridgehead atoms. The van der Waals surface area contributed by atoms with Gasteiger partial charge >= 0.3 is 0 Å². The van der Waals surface area contributed by atoms with Gasteiger partial charge in [-0.1, -0.05) is 20.8 Å². The molecule has 1 aromatic heterocycles. The zero-order valence-electron chi connectivity index (χ0n) is 14.3. The maximum absolute atomic E-state index is 12.4. The van der Waals surface area contributed by atoms with E-state index in [-0.39, 0.29) is 16.4 Å². The summed E-state index contributed by atoms with van der Waals surface area (Å²) in [7, 11) is 0. The normalized spacial score (nSPS) is 31.7. The van der Waals surface area contributed by atoms with Gasteiger partial charge in [0.1, 0.15) is 5.78 Å². The lowest BCUT2D eigenvalue weighted by atomic mass is 9.51. The maximum Gasteiger partial charge on any atom is 0.138 e. The van der Waals surface area contributed by atoms with Gasteiger partial charge in [0.25, 0.3) is 0 Å². The topological polar surface area (TPSA) is 34.9 Å². The van der Waals surface area contributed by atoms with E-state index in [9.17, 15) is 4.79 Å². The molecular weight excluding hydrogens is 260 g/mol. The molecule has 1 fully saturated rings. The van der Waals surface area contributed by atoms with Gasteiger partial charge in [-0.15, -0.1) is 0 Å². The van der Waals surface area contributed by atoms with E-state index in [0.29, 0.717) is 18.1 Å². The summed E-state index contributed by atoms with van der Waals surface area (Å²) in [6, 6.07) is 0. The van der Waals surface area contributed by atoms with Crippen LogP contribution in [-0.4, -0.2) is 15.6 Å². The minimum absolute atomic E-state index is 0.0171. The van der Waals surface area contributed by atoms with E-state index < -0.39 is 0 Å². The molecule has 0 spiro atoms. The molecule has 1 saturated carbocycles. The third-order valence-electron chi connectivity index (χ3n) is 5.95. The number of aryl methyl sites for hydroxylation is 1. The van der Waals surface area contributed by atoms with Crippen LogP contribution in [0.15, 0.2) is 6.20 Å². The van der Waals surface area contributed by atoms with Crippen LogP contribution in [0, 0.1) is 11.3 Å². The predicted molar refractivity (Wildman–Crippen MR) is 84.4 cm³/mol. The number of hydrogen-bond acceptors (Lipinski definition) is 2. The number of carbonyl (C=O) groups excluding carboxylic acids is 1. The van der Waals surface area contributed by atoms with Crippen molar-refractivity contribution in [3.8, 4) is 0 Å². The summed E-state index contributed by atoms with van der Waals surface area (Å²) in [4.78, 5) is 12.4. The number of Topliss-reactive ketones (excluding diaryl/α,β-unsaturated/α-hetero) is 1. The van der Waals surface area contributed by atoms with Crippen LogP contribution >= 0.6 is 0 Å². The first-order chi connectivity index (χ1) is 9.57. The van der Waals surface area contributed by atoms with Crippen LogP contribution in [-0.2, 0) is 22.2 Å². The summed E-state index contributed by atoms with van der Waals surface area (Å²) in [5, 5.41) is 4.97. The molecule has 1 aromatic rings. The Morgan fingerprint density at radius 2 is 1.90 bits per heavy atom. The fraction of sp³-hybridized carbons (Fsp3) is 0.778. The molecule has 0 radical (unpaired) electrons. The summed E-state index contributed by atoms with van der Waals surface area (Å²) in [5.41, 5.74) is 2.52. The molecule has 3 nitrogen and oxygen atoms in total. The van der Waals surface area contributed by atoms with Crippen LogP contribution in [0.5, 0.6) is 0 Å². The molecule has 3 heteroatoms. The Balaban J connectivity index is 2.10. The Labute approximate surface area is 128 Å². The average Bonchev–Trinajstić information content (AvgIpc) is 2.80. The zero-order valence-corrected chi connectivity index (χ0v) is 14.3. The van der Waals surface area contributed by atoms with Gasteiger partial charge < -0.3 is 0 Å². The van der Waals surface area contributed by atoms with E-state index in [4.69, 9.17) is 5.10 Å². The molecule has 0 amide bonds. The molecule has 0 saturated heterocycles. The van der Waals surface area contributed by atoms with Crippen molar-refractivity contribution in [2.75, 3.05) is 0 Å². The Bertz CT molecular complexity index is 591. The van der Waals surface area contributed by atoms with E-state index in [0.717, 1.165) is 19.3 Å². The van der Waals surface area contributed by atoms with Crippen molar-refractivity contribution in [3.05, 3.63) is 17.5 Å². The minimum Gasteiger partial charge on any atom is -0.299 e. The van der Waals surface area contributed by atoms with E-state index in [1.54, 1.807) is 0 Å². The van der Waals surface area contributed by atoms with Crippen molar-refractivity contribution in [2.45, 2.75) is 78.2 Å². The van der Waals surface area contributed by atoms with Gasteiger partial charge in [0.2, 0.25) is 0 Å². The highest BCUT2D eigenvalue weighted by molar-refractivity contribution is 5.86. The molecular formula is C18H28N2O. The molecule has 1 heterocycles. The maximum atomic E-state index is 12.4. The number of fused-ring (bicyclic) bond motifs is 3. The number of carbonyl (C=O) groups is 1. The molecule has 2 aliphatic rings. The second-order valence-electron chi connectivity index (χ2n) is 8.77. The van der Waals surface area contributed by atoms with Crippen LogP contribution in [0.2, 0.25) is 0 Å². The van der Waals surface area contributed by atoms with Crippen LogP contribution < -0.4 is 0 Å². The summed E-state index contributed by atoms with van der Waals surface area (Å²) < 4.78 is 2.12. The van der Waals surface area contributed by atoms with Gasteiger partial charge in [-0.05, 0) is 51.5 Å². The van der Waals surface area contributed by atoms with Gasteiger partial charge in [0, 0.05) is 23.4 Å². The third-order valence-corrected chi connectivity index (χ3v) is 5.95. The molecule has 0 aromatic carbocycles. The monoisotopic (exact) mass is 288 g/mol. The number of ketones is 1. The molecule has 0 N–H and O–H groups in total. The zero-order chi connectivity index (χ0) is 15.6. The highest BCUT2D eigenvalue weighted by Gasteiger charge is 2.54. The minimum atomic E-state index is -0.212. The fourth-order valence-electron chi connectivity index (χ4n) is 4.54. The first-order valence-electron chi connectivity index (χ1n) is 8.19. The lowest BCUT2D eigenvalue weighted by molar-refractivity contribution is -0.137. The number of aromatic nitrogens is 2. The first-order valence-corrected chi connectivity index (χ1v) is 8.19. The van der Waals surface area contributed by atoms with E-state index >= 15 is 0 Å². The van der Waals surface area contributed by atoms with E-state index in [2.05, 4.69) is 52.4 Å². The van der Waals surface area contributed by atoms with Gasteiger partial charge in [0.05, 0.1) is 11.2 Å². The first kappa shape index (κ1) is 14.8. The Morgan fingerprint density at radius 1 is 1.24 bits per heavy atom. The average molecular weight is 288 g/mol. The van der Waals surface area contributed by atoms with Crippen molar-refractivity contribution in [3.63, 3.8) is 0 Å². The Kier molecular flexibility index (Phi) is 2.96. The largest absolute Gasteiger partial charge is 0.299 e. The van der Waals surface area contributed by atoms with Gasteiger partial charge in [-0.3, -0.25) is 9.48 Å².